The minimum Gasteiger partial charge on any atom is -0.495 e. The number of benzene rings is 2. The van der Waals surface area contributed by atoms with E-state index in [4.69, 9.17) is 26.8 Å². The van der Waals surface area contributed by atoms with Crippen LogP contribution < -0.4 is 21.1 Å². The summed E-state index contributed by atoms with van der Waals surface area (Å²) in [6.45, 7) is 1.42. The average molecular weight is 420 g/mol. The highest BCUT2D eigenvalue weighted by Crippen LogP contribution is 2.27. The zero-order valence-corrected chi connectivity index (χ0v) is 16.7. The number of hydrogen-bond acceptors (Lipinski definition) is 5. The molecule has 0 bridgehead atoms. The van der Waals surface area contributed by atoms with Gasteiger partial charge in [-0.2, -0.15) is 0 Å². The van der Waals surface area contributed by atoms with Crippen LogP contribution in [0, 0.1) is 0 Å². The van der Waals surface area contributed by atoms with E-state index in [-0.39, 0.29) is 6.42 Å². The van der Waals surface area contributed by atoms with E-state index in [1.165, 1.54) is 20.1 Å². The Kier molecular flexibility index (Phi) is 7.85. The van der Waals surface area contributed by atoms with Crippen LogP contribution in [-0.2, 0) is 20.7 Å². The average Bonchev–Trinajstić information content (AvgIpc) is 2.68. The number of carbonyl (C=O) groups is 3. The summed E-state index contributed by atoms with van der Waals surface area (Å²) in [4.78, 5) is 36.1. The Labute approximate surface area is 173 Å². The molecule has 0 spiro atoms. The fraction of sp³-hybridized carbons (Fsp3) is 0.250. The smallest absolute Gasteiger partial charge is 0.329 e. The van der Waals surface area contributed by atoms with Gasteiger partial charge in [-0.1, -0.05) is 41.9 Å². The van der Waals surface area contributed by atoms with E-state index in [1.807, 2.05) is 6.07 Å². The molecule has 0 radical (unpaired) electrons. The van der Waals surface area contributed by atoms with Crippen molar-refractivity contribution in [3.63, 3.8) is 0 Å². The first-order valence-electron chi connectivity index (χ1n) is 8.75. The Morgan fingerprint density at radius 3 is 2.41 bits per heavy atom. The fourth-order valence-corrected chi connectivity index (χ4v) is 2.77. The van der Waals surface area contributed by atoms with Crippen molar-refractivity contribution in [3.8, 4) is 5.75 Å². The molecule has 0 aromatic heterocycles. The van der Waals surface area contributed by atoms with Gasteiger partial charge < -0.3 is 25.8 Å². The van der Waals surface area contributed by atoms with Crippen molar-refractivity contribution in [2.24, 2.45) is 5.73 Å². The maximum absolute atomic E-state index is 12.5. The van der Waals surface area contributed by atoms with Gasteiger partial charge in [0.15, 0.2) is 6.10 Å². The summed E-state index contributed by atoms with van der Waals surface area (Å²) < 4.78 is 10.3. The Balaban J connectivity index is 2.00. The first kappa shape index (κ1) is 22.0. The van der Waals surface area contributed by atoms with Crippen LogP contribution in [0.15, 0.2) is 48.5 Å². The number of urea groups is 1. The van der Waals surface area contributed by atoms with Gasteiger partial charge in [0.25, 0.3) is 5.91 Å². The number of halogens is 1. The predicted octanol–water partition coefficient (Wildman–Crippen LogP) is 2.50. The molecule has 2 rings (SSSR count). The van der Waals surface area contributed by atoms with Gasteiger partial charge >= 0.3 is 12.0 Å². The third-order valence-electron chi connectivity index (χ3n) is 3.97. The van der Waals surface area contributed by atoms with E-state index in [2.05, 4.69) is 10.6 Å². The highest BCUT2D eigenvalue weighted by Gasteiger charge is 2.26. The molecule has 0 saturated carbocycles. The Bertz CT molecular complexity index is 876. The van der Waals surface area contributed by atoms with E-state index in [1.54, 1.807) is 36.4 Å². The summed E-state index contributed by atoms with van der Waals surface area (Å²) >= 11 is 6.03. The van der Waals surface area contributed by atoms with Gasteiger partial charge in [-0.25, -0.2) is 9.59 Å². The van der Waals surface area contributed by atoms with Crippen LogP contribution in [0.25, 0.3) is 0 Å². The lowest BCUT2D eigenvalue weighted by molar-refractivity contribution is -0.155. The molecule has 0 heterocycles. The molecular formula is C20H22ClN3O5. The van der Waals surface area contributed by atoms with Crippen molar-refractivity contribution in [2.45, 2.75) is 25.5 Å². The minimum absolute atomic E-state index is 0.172. The molecular weight excluding hydrogens is 398 g/mol. The van der Waals surface area contributed by atoms with Gasteiger partial charge in [0.1, 0.15) is 11.8 Å². The highest BCUT2D eigenvalue weighted by atomic mass is 35.5. The van der Waals surface area contributed by atoms with Gasteiger partial charge in [0.2, 0.25) is 0 Å². The Hall–Kier alpha value is -3.26. The Morgan fingerprint density at radius 2 is 1.83 bits per heavy atom. The molecule has 0 aliphatic rings. The number of methoxy groups -OCH3 is 1. The van der Waals surface area contributed by atoms with E-state index in [0.29, 0.717) is 16.5 Å². The van der Waals surface area contributed by atoms with Gasteiger partial charge in [-0.15, -0.1) is 0 Å². The van der Waals surface area contributed by atoms with Crippen molar-refractivity contribution >= 4 is 35.2 Å². The van der Waals surface area contributed by atoms with Gasteiger partial charge in [-0.3, -0.25) is 4.79 Å². The van der Waals surface area contributed by atoms with Crippen LogP contribution in [0.3, 0.4) is 0 Å². The van der Waals surface area contributed by atoms with Gasteiger partial charge in [0.05, 0.1) is 12.1 Å². The summed E-state index contributed by atoms with van der Waals surface area (Å²) in [7, 11) is 1.48. The molecule has 4 N–H and O–H groups in total. The lowest BCUT2D eigenvalue weighted by atomic mass is 10.1. The largest absolute Gasteiger partial charge is 0.495 e. The standard InChI is InChI=1S/C20H22ClN3O5/c1-12(18(25)23-14-8-9-17(28-2)15(21)11-14)29-19(26)16(24-20(22)27)10-13-6-4-3-5-7-13/h3-9,11-12,16H,10H2,1-2H3,(H,23,25)(H3,22,24,27)/t12-,16-/m0/s1. The van der Waals surface area contributed by atoms with Crippen LogP contribution in [0.1, 0.15) is 12.5 Å². The second-order valence-corrected chi connectivity index (χ2v) is 6.58. The number of rotatable bonds is 8. The summed E-state index contributed by atoms with van der Waals surface area (Å²) in [6, 6.07) is 11.9. The number of nitrogens with one attached hydrogen (secondary N) is 2. The second-order valence-electron chi connectivity index (χ2n) is 6.17. The number of nitrogens with two attached hydrogens (primary N) is 1. The van der Waals surface area contributed by atoms with Gasteiger partial charge in [-0.05, 0) is 30.7 Å². The van der Waals surface area contributed by atoms with E-state index < -0.39 is 30.1 Å². The second kappa shape index (κ2) is 10.3. The van der Waals surface area contributed by atoms with Crippen LogP contribution in [-0.4, -0.2) is 37.2 Å². The van der Waals surface area contributed by atoms with Crippen molar-refractivity contribution in [1.29, 1.82) is 0 Å². The zero-order chi connectivity index (χ0) is 21.4. The number of ether oxygens (including phenoxy) is 2. The topological polar surface area (TPSA) is 120 Å². The molecule has 29 heavy (non-hydrogen) atoms. The third-order valence-corrected chi connectivity index (χ3v) is 4.26. The van der Waals surface area contributed by atoms with E-state index in [9.17, 15) is 14.4 Å². The molecule has 9 heteroatoms. The SMILES string of the molecule is COc1ccc(NC(=O)[C@H](C)OC(=O)[C@H](Cc2ccccc2)NC(N)=O)cc1Cl. The lowest BCUT2D eigenvalue weighted by Gasteiger charge is -2.20. The minimum atomic E-state index is -1.11. The summed E-state index contributed by atoms with van der Waals surface area (Å²) in [5, 5.41) is 5.27. The molecule has 0 aliphatic carbocycles. The molecule has 8 nitrogen and oxygen atoms in total. The molecule has 0 aliphatic heterocycles. The zero-order valence-electron chi connectivity index (χ0n) is 16.0. The predicted molar refractivity (Wildman–Crippen MR) is 109 cm³/mol. The van der Waals surface area contributed by atoms with E-state index in [0.717, 1.165) is 5.56 Å². The summed E-state index contributed by atoms with van der Waals surface area (Å²) in [5.41, 5.74) is 6.37. The normalized spacial score (nSPS) is 12.4. The molecule has 2 aromatic rings. The van der Waals surface area contributed by atoms with Crippen molar-refractivity contribution in [3.05, 3.63) is 59.1 Å². The number of hydrogen-bond donors (Lipinski definition) is 3. The maximum atomic E-state index is 12.5. The number of esters is 1. The fourth-order valence-electron chi connectivity index (χ4n) is 2.51. The summed E-state index contributed by atoms with van der Waals surface area (Å²) in [5.74, 6) is -0.870. The molecule has 3 amide bonds. The van der Waals surface area contributed by atoms with Crippen LogP contribution in [0.4, 0.5) is 10.5 Å². The van der Waals surface area contributed by atoms with Crippen molar-refractivity contribution in [2.75, 3.05) is 12.4 Å². The Morgan fingerprint density at radius 1 is 1.14 bits per heavy atom. The molecule has 0 unspecified atom stereocenters. The number of amides is 3. The number of anilines is 1. The van der Waals surface area contributed by atoms with Crippen LogP contribution in [0.5, 0.6) is 5.75 Å². The molecule has 0 saturated heterocycles. The number of primary amides is 1. The third kappa shape index (κ3) is 6.69. The molecule has 154 valence electrons. The first-order chi connectivity index (χ1) is 13.8. The maximum Gasteiger partial charge on any atom is 0.329 e. The van der Waals surface area contributed by atoms with Crippen LogP contribution in [0.2, 0.25) is 5.02 Å². The van der Waals surface area contributed by atoms with Crippen molar-refractivity contribution < 1.29 is 23.9 Å². The first-order valence-corrected chi connectivity index (χ1v) is 9.12. The lowest BCUT2D eigenvalue weighted by Crippen LogP contribution is -2.47. The molecule has 2 atom stereocenters. The van der Waals surface area contributed by atoms with Crippen LogP contribution >= 0.6 is 11.6 Å². The molecule has 2 aromatic carbocycles. The van der Waals surface area contributed by atoms with Crippen molar-refractivity contribution in [1.82, 2.24) is 5.32 Å². The van der Waals surface area contributed by atoms with E-state index >= 15 is 0 Å². The number of carbonyl (C=O) groups excluding carboxylic acids is 3. The monoisotopic (exact) mass is 419 g/mol. The summed E-state index contributed by atoms with van der Waals surface area (Å²) in [6.07, 6.45) is -0.943. The van der Waals surface area contributed by atoms with Gasteiger partial charge in [0, 0.05) is 12.1 Å². The highest BCUT2D eigenvalue weighted by molar-refractivity contribution is 6.32. The molecule has 0 fully saturated rings. The quantitative estimate of drug-likeness (QED) is 0.568.